The molecule has 0 amide bonds. The lowest BCUT2D eigenvalue weighted by Gasteiger charge is -2.22. The van der Waals surface area contributed by atoms with Crippen molar-refractivity contribution in [3.05, 3.63) is 34.9 Å². The number of hydrogen-bond donors (Lipinski definition) is 1. The minimum Gasteiger partial charge on any atom is -0.323 e. The molecule has 0 aliphatic carbocycles. The van der Waals surface area contributed by atoms with Crippen LogP contribution in [0.3, 0.4) is 0 Å². The number of benzene rings is 1. The lowest BCUT2D eigenvalue weighted by atomic mass is 9.99. The zero-order valence-electron chi connectivity index (χ0n) is 11.0. The second-order valence-corrected chi connectivity index (χ2v) is 7.17. The first-order valence-corrected chi connectivity index (χ1v) is 6.75. The Labute approximate surface area is 104 Å². The summed E-state index contributed by atoms with van der Waals surface area (Å²) >= 11 is 1.93. The zero-order chi connectivity index (χ0) is 12.3. The van der Waals surface area contributed by atoms with Gasteiger partial charge in [0.15, 0.2) is 0 Å². The van der Waals surface area contributed by atoms with Crippen LogP contribution in [-0.4, -0.2) is 10.5 Å². The van der Waals surface area contributed by atoms with Crippen LogP contribution in [0.2, 0.25) is 0 Å². The van der Waals surface area contributed by atoms with Crippen LogP contribution in [0.1, 0.15) is 43.5 Å². The van der Waals surface area contributed by atoms with Gasteiger partial charge in [-0.25, -0.2) is 0 Å². The van der Waals surface area contributed by atoms with Crippen molar-refractivity contribution in [2.45, 2.75) is 45.4 Å². The van der Waals surface area contributed by atoms with Gasteiger partial charge in [0.25, 0.3) is 0 Å². The second kappa shape index (κ2) is 5.24. The molecule has 16 heavy (non-hydrogen) atoms. The predicted molar refractivity (Wildman–Crippen MR) is 75.1 cm³/mol. The Hall–Kier alpha value is -0.470. The standard InChI is InChI=1S/C14H23NS/c1-10-7-6-8-12(11(10)2)13(15)9-16-14(3,4)5/h6-8,13H,9,15H2,1-5H3. The Morgan fingerprint density at radius 2 is 1.88 bits per heavy atom. The Morgan fingerprint density at radius 3 is 2.44 bits per heavy atom. The molecule has 0 aromatic heterocycles. The van der Waals surface area contributed by atoms with Crippen molar-refractivity contribution in [1.82, 2.24) is 0 Å². The highest BCUT2D eigenvalue weighted by Crippen LogP contribution is 2.28. The van der Waals surface area contributed by atoms with Gasteiger partial charge in [-0.1, -0.05) is 39.0 Å². The summed E-state index contributed by atoms with van der Waals surface area (Å²) in [5.74, 6) is 0.980. The molecular weight excluding hydrogens is 214 g/mol. The molecule has 2 N–H and O–H groups in total. The maximum absolute atomic E-state index is 6.25. The van der Waals surface area contributed by atoms with Crippen LogP contribution in [0.15, 0.2) is 18.2 Å². The molecule has 1 aromatic rings. The normalized spacial score (nSPS) is 13.9. The van der Waals surface area contributed by atoms with E-state index in [1.807, 2.05) is 11.8 Å². The number of hydrogen-bond acceptors (Lipinski definition) is 2. The van der Waals surface area contributed by atoms with Crippen molar-refractivity contribution in [1.29, 1.82) is 0 Å². The summed E-state index contributed by atoms with van der Waals surface area (Å²) < 4.78 is 0.287. The average Bonchev–Trinajstić information content (AvgIpc) is 2.17. The predicted octanol–water partition coefficient (Wildman–Crippen LogP) is 3.83. The van der Waals surface area contributed by atoms with Gasteiger partial charge in [-0.2, -0.15) is 11.8 Å². The van der Waals surface area contributed by atoms with Crippen molar-refractivity contribution in [2.24, 2.45) is 5.73 Å². The largest absolute Gasteiger partial charge is 0.323 e. The van der Waals surface area contributed by atoms with Crippen LogP contribution in [0.5, 0.6) is 0 Å². The number of aryl methyl sites for hydroxylation is 1. The first-order valence-electron chi connectivity index (χ1n) is 5.77. The summed E-state index contributed by atoms with van der Waals surface area (Å²) in [7, 11) is 0. The monoisotopic (exact) mass is 237 g/mol. The minimum absolute atomic E-state index is 0.143. The molecule has 0 spiro atoms. The SMILES string of the molecule is Cc1cccc(C(N)CSC(C)(C)C)c1C. The molecule has 0 fully saturated rings. The third-order valence-corrected chi connectivity index (χ3v) is 4.13. The fraction of sp³-hybridized carbons (Fsp3) is 0.571. The van der Waals surface area contributed by atoms with E-state index in [-0.39, 0.29) is 10.8 Å². The molecule has 0 bridgehead atoms. The third-order valence-electron chi connectivity index (χ3n) is 2.74. The molecule has 0 aliphatic rings. The van der Waals surface area contributed by atoms with Crippen molar-refractivity contribution in [3.63, 3.8) is 0 Å². The van der Waals surface area contributed by atoms with Gasteiger partial charge >= 0.3 is 0 Å². The van der Waals surface area contributed by atoms with E-state index < -0.39 is 0 Å². The Balaban J connectivity index is 2.73. The summed E-state index contributed by atoms with van der Waals surface area (Å²) in [6.07, 6.45) is 0. The van der Waals surface area contributed by atoms with Gasteiger partial charge in [-0.05, 0) is 30.5 Å². The van der Waals surface area contributed by atoms with Crippen LogP contribution in [0.4, 0.5) is 0 Å². The Bertz CT molecular complexity index is 352. The maximum Gasteiger partial charge on any atom is 0.0389 e. The highest BCUT2D eigenvalue weighted by molar-refractivity contribution is 8.00. The minimum atomic E-state index is 0.143. The van der Waals surface area contributed by atoms with Crippen molar-refractivity contribution < 1.29 is 0 Å². The first kappa shape index (κ1) is 13.6. The van der Waals surface area contributed by atoms with Crippen molar-refractivity contribution >= 4 is 11.8 Å². The van der Waals surface area contributed by atoms with Gasteiger partial charge in [0, 0.05) is 16.5 Å². The smallest absolute Gasteiger partial charge is 0.0389 e. The molecule has 1 aromatic carbocycles. The molecule has 1 nitrogen and oxygen atoms in total. The molecule has 0 saturated heterocycles. The molecule has 0 aliphatic heterocycles. The molecule has 0 radical (unpaired) electrons. The molecule has 1 unspecified atom stereocenters. The number of nitrogens with two attached hydrogens (primary N) is 1. The molecule has 1 rings (SSSR count). The molecular formula is C14H23NS. The molecule has 1 atom stereocenters. The molecule has 90 valence electrons. The van der Waals surface area contributed by atoms with Gasteiger partial charge in [0.05, 0.1) is 0 Å². The number of rotatable bonds is 3. The van der Waals surface area contributed by atoms with Gasteiger partial charge in [-0.3, -0.25) is 0 Å². The van der Waals surface area contributed by atoms with E-state index in [0.717, 1.165) is 5.75 Å². The fourth-order valence-electron chi connectivity index (χ4n) is 1.61. The van der Waals surface area contributed by atoms with E-state index in [9.17, 15) is 0 Å². The average molecular weight is 237 g/mol. The summed E-state index contributed by atoms with van der Waals surface area (Å²) in [5, 5.41) is 0. The van der Waals surface area contributed by atoms with E-state index in [2.05, 4.69) is 52.8 Å². The molecule has 0 saturated carbocycles. The molecule has 2 heteroatoms. The summed E-state index contributed by atoms with van der Waals surface area (Å²) in [6, 6.07) is 6.53. The van der Waals surface area contributed by atoms with Crippen LogP contribution < -0.4 is 5.73 Å². The van der Waals surface area contributed by atoms with Gasteiger partial charge in [0.1, 0.15) is 0 Å². The van der Waals surface area contributed by atoms with E-state index in [4.69, 9.17) is 5.73 Å². The van der Waals surface area contributed by atoms with E-state index in [1.165, 1.54) is 16.7 Å². The molecule has 0 heterocycles. The van der Waals surface area contributed by atoms with Gasteiger partial charge in [0.2, 0.25) is 0 Å². The Kier molecular flexibility index (Phi) is 4.45. The zero-order valence-corrected chi connectivity index (χ0v) is 11.8. The summed E-state index contributed by atoms with van der Waals surface area (Å²) in [5.41, 5.74) is 10.2. The van der Waals surface area contributed by atoms with E-state index in [0.29, 0.717) is 0 Å². The second-order valence-electron chi connectivity index (χ2n) is 5.32. The fourth-order valence-corrected chi connectivity index (χ4v) is 2.46. The first-order chi connectivity index (χ1) is 7.31. The number of thioether (sulfide) groups is 1. The van der Waals surface area contributed by atoms with E-state index >= 15 is 0 Å². The van der Waals surface area contributed by atoms with Crippen LogP contribution in [0, 0.1) is 13.8 Å². The topological polar surface area (TPSA) is 26.0 Å². The summed E-state index contributed by atoms with van der Waals surface area (Å²) in [4.78, 5) is 0. The van der Waals surface area contributed by atoms with Crippen LogP contribution >= 0.6 is 11.8 Å². The maximum atomic E-state index is 6.25. The van der Waals surface area contributed by atoms with Crippen LogP contribution in [-0.2, 0) is 0 Å². The highest BCUT2D eigenvalue weighted by Gasteiger charge is 2.15. The lowest BCUT2D eigenvalue weighted by Crippen LogP contribution is -2.19. The summed E-state index contributed by atoms with van der Waals surface area (Å²) in [6.45, 7) is 11.0. The van der Waals surface area contributed by atoms with Gasteiger partial charge < -0.3 is 5.73 Å². The highest BCUT2D eigenvalue weighted by atomic mass is 32.2. The third kappa shape index (κ3) is 3.84. The van der Waals surface area contributed by atoms with Crippen molar-refractivity contribution in [3.8, 4) is 0 Å². The van der Waals surface area contributed by atoms with Gasteiger partial charge in [-0.15, -0.1) is 0 Å². The Morgan fingerprint density at radius 1 is 1.25 bits per heavy atom. The van der Waals surface area contributed by atoms with Crippen LogP contribution in [0.25, 0.3) is 0 Å². The lowest BCUT2D eigenvalue weighted by molar-refractivity contribution is 0.776. The van der Waals surface area contributed by atoms with E-state index in [1.54, 1.807) is 0 Å². The van der Waals surface area contributed by atoms with Crippen molar-refractivity contribution in [2.75, 3.05) is 5.75 Å². The quantitative estimate of drug-likeness (QED) is 0.864.